The topological polar surface area (TPSA) is 50.5 Å². The Kier molecular flexibility index (Phi) is 6.76. The number of nitrogens with zero attached hydrogens (tertiary/aromatic N) is 4. The van der Waals surface area contributed by atoms with Gasteiger partial charge in [0.15, 0.2) is 0 Å². The largest absolute Gasteiger partial charge is 0.244 e. The summed E-state index contributed by atoms with van der Waals surface area (Å²) in [6, 6.07) is 58.5. The number of benzene rings is 6. The number of hydrogen-bond acceptors (Lipinski definition) is 4. The second-order valence-corrected chi connectivity index (χ2v) is 11.9. The van der Waals surface area contributed by atoms with Crippen LogP contribution in [0.1, 0.15) is 22.5 Å². The number of aliphatic imine (C=N–C) groups is 2. The summed E-state index contributed by atoms with van der Waals surface area (Å²) in [4.78, 5) is 21.4. The quantitative estimate of drug-likeness (QED) is 0.199. The summed E-state index contributed by atoms with van der Waals surface area (Å²) in [5.74, 6) is 0. The van der Waals surface area contributed by atoms with Gasteiger partial charge in [-0.3, -0.25) is 0 Å². The molecule has 6 aromatic carbocycles. The molecule has 48 heavy (non-hydrogen) atoms. The molecule has 2 aromatic heterocycles. The Labute approximate surface area is 278 Å². The van der Waals surface area contributed by atoms with Crippen LogP contribution in [0.3, 0.4) is 0 Å². The fraction of sp³-hybridized carbons (Fsp3) is 0. The van der Waals surface area contributed by atoms with E-state index < -0.39 is 0 Å². The Balaban J connectivity index is 1.34. The smallest absolute Gasteiger partial charge is 0.116 e. The number of rotatable bonds is 4. The van der Waals surface area contributed by atoms with Gasteiger partial charge in [-0.25, -0.2) is 20.0 Å². The monoisotopic (exact) mass is 612 g/mol. The van der Waals surface area contributed by atoms with E-state index in [1.165, 1.54) is 0 Å². The molecule has 0 bridgehead atoms. The molecule has 8 aromatic rings. The molecule has 0 spiro atoms. The van der Waals surface area contributed by atoms with Gasteiger partial charge in [0.05, 0.1) is 33.8 Å². The van der Waals surface area contributed by atoms with Gasteiger partial charge in [-0.05, 0) is 58.7 Å². The third kappa shape index (κ3) is 5.06. The first kappa shape index (κ1) is 27.8. The Morgan fingerprint density at radius 3 is 1.12 bits per heavy atom. The summed E-state index contributed by atoms with van der Waals surface area (Å²) in [6.07, 6.45) is 0. The molecule has 224 valence electrons. The lowest BCUT2D eigenvalue weighted by atomic mass is 9.96. The first-order valence-corrected chi connectivity index (χ1v) is 16.1. The van der Waals surface area contributed by atoms with E-state index in [-0.39, 0.29) is 0 Å². The second-order valence-electron chi connectivity index (χ2n) is 11.9. The summed E-state index contributed by atoms with van der Waals surface area (Å²) >= 11 is 0. The second kappa shape index (κ2) is 11.7. The maximum atomic E-state index is 5.47. The lowest BCUT2D eigenvalue weighted by Crippen LogP contribution is -2.13. The van der Waals surface area contributed by atoms with E-state index in [0.717, 1.165) is 89.4 Å². The summed E-state index contributed by atoms with van der Waals surface area (Å²) in [5, 5.41) is 2.03. The molecular weight excluding hydrogens is 585 g/mol. The molecule has 0 unspecified atom stereocenters. The Bertz CT molecular complexity index is 2370. The zero-order valence-electron chi connectivity index (χ0n) is 26.0. The highest BCUT2D eigenvalue weighted by Crippen LogP contribution is 2.36. The van der Waals surface area contributed by atoms with Crippen molar-refractivity contribution in [2.24, 2.45) is 9.98 Å². The van der Waals surface area contributed by atoms with Crippen molar-refractivity contribution in [3.05, 3.63) is 192 Å². The van der Waals surface area contributed by atoms with Crippen molar-refractivity contribution in [3.63, 3.8) is 0 Å². The Hall–Kier alpha value is -6.52. The van der Waals surface area contributed by atoms with Gasteiger partial charge in [0.25, 0.3) is 0 Å². The fourth-order valence-electron chi connectivity index (χ4n) is 6.43. The predicted octanol–water partition coefficient (Wildman–Crippen LogP) is 10.8. The molecule has 4 nitrogen and oxygen atoms in total. The van der Waals surface area contributed by atoms with Crippen molar-refractivity contribution in [1.29, 1.82) is 0 Å². The predicted molar refractivity (Wildman–Crippen MR) is 198 cm³/mol. The molecule has 3 heterocycles. The standard InChI is InChI=1S/C44H28N4/c1-3-13-29(14-4-1)31-19-11-21-35(25-31)41-43-39(27-33-17-7-9-23-37(33)45-43)48-42(36-22-12-20-32(26-36)30-15-5-2-6-16-30)44-40(47-41)28-34-18-8-10-24-38(34)46-44/h1-28H. The highest BCUT2D eigenvalue weighted by Gasteiger charge is 2.24. The van der Waals surface area contributed by atoms with Gasteiger partial charge >= 0.3 is 0 Å². The molecule has 0 amide bonds. The Morgan fingerprint density at radius 1 is 0.292 bits per heavy atom. The molecule has 0 N–H and O–H groups in total. The van der Waals surface area contributed by atoms with E-state index in [2.05, 4.69) is 121 Å². The number of aromatic nitrogens is 2. The van der Waals surface area contributed by atoms with Crippen LogP contribution in [0.2, 0.25) is 0 Å². The molecular formula is C44H28N4. The van der Waals surface area contributed by atoms with E-state index in [9.17, 15) is 0 Å². The van der Waals surface area contributed by atoms with E-state index >= 15 is 0 Å². The lowest BCUT2D eigenvalue weighted by Gasteiger charge is -2.19. The highest BCUT2D eigenvalue weighted by molar-refractivity contribution is 6.23. The van der Waals surface area contributed by atoms with Crippen LogP contribution < -0.4 is 0 Å². The molecule has 1 aliphatic rings. The van der Waals surface area contributed by atoms with Crippen molar-refractivity contribution in [3.8, 4) is 22.3 Å². The summed E-state index contributed by atoms with van der Waals surface area (Å²) in [6.45, 7) is 0. The van der Waals surface area contributed by atoms with Gasteiger partial charge in [0.1, 0.15) is 11.4 Å². The zero-order valence-corrected chi connectivity index (χ0v) is 26.0. The van der Waals surface area contributed by atoms with Crippen LogP contribution in [0.15, 0.2) is 180 Å². The molecule has 1 aliphatic heterocycles. The number of fused-ring (bicyclic) bond motifs is 4. The van der Waals surface area contributed by atoms with Gasteiger partial charge < -0.3 is 0 Å². The maximum Gasteiger partial charge on any atom is 0.116 e. The molecule has 9 rings (SSSR count). The normalized spacial score (nSPS) is 12.4. The first-order chi connectivity index (χ1) is 23.8. The molecule has 0 saturated heterocycles. The van der Waals surface area contributed by atoms with E-state index in [1.807, 2.05) is 48.5 Å². The van der Waals surface area contributed by atoms with Gasteiger partial charge in [0.2, 0.25) is 0 Å². The van der Waals surface area contributed by atoms with Crippen LogP contribution >= 0.6 is 0 Å². The average Bonchev–Trinajstić information content (AvgIpc) is 3.15. The van der Waals surface area contributed by atoms with Gasteiger partial charge in [-0.2, -0.15) is 0 Å². The van der Waals surface area contributed by atoms with Gasteiger partial charge in [0, 0.05) is 21.9 Å². The van der Waals surface area contributed by atoms with Crippen LogP contribution in [0.4, 0.5) is 11.4 Å². The van der Waals surface area contributed by atoms with Crippen LogP contribution in [0.5, 0.6) is 0 Å². The molecule has 0 radical (unpaired) electrons. The summed E-state index contributed by atoms with van der Waals surface area (Å²) < 4.78 is 0. The van der Waals surface area contributed by atoms with Gasteiger partial charge in [-0.15, -0.1) is 0 Å². The van der Waals surface area contributed by atoms with Crippen LogP contribution in [0.25, 0.3) is 44.1 Å². The van der Waals surface area contributed by atoms with Crippen LogP contribution in [0, 0.1) is 0 Å². The number of hydrogen-bond donors (Lipinski definition) is 0. The third-order valence-corrected chi connectivity index (χ3v) is 8.81. The number of para-hydroxylation sites is 2. The summed E-state index contributed by atoms with van der Waals surface area (Å²) in [5.41, 5.74) is 12.7. The minimum atomic E-state index is 0.731. The average molecular weight is 613 g/mol. The molecule has 0 fully saturated rings. The minimum Gasteiger partial charge on any atom is -0.244 e. The van der Waals surface area contributed by atoms with Crippen molar-refractivity contribution in [2.45, 2.75) is 0 Å². The van der Waals surface area contributed by atoms with Crippen molar-refractivity contribution in [2.75, 3.05) is 0 Å². The fourth-order valence-corrected chi connectivity index (χ4v) is 6.43. The van der Waals surface area contributed by atoms with Crippen molar-refractivity contribution in [1.82, 2.24) is 9.97 Å². The van der Waals surface area contributed by atoms with Gasteiger partial charge in [-0.1, -0.05) is 133 Å². The third-order valence-electron chi connectivity index (χ3n) is 8.81. The van der Waals surface area contributed by atoms with E-state index in [1.54, 1.807) is 0 Å². The van der Waals surface area contributed by atoms with E-state index in [4.69, 9.17) is 20.0 Å². The molecule has 0 atom stereocenters. The molecule has 0 aliphatic carbocycles. The SMILES string of the molecule is c1ccc(-c2cccc(C3=Nc4cc5ccccc5nc4C(c4cccc(-c5ccccc5)c4)=Nc4cc5ccccc5nc43)c2)cc1. The maximum absolute atomic E-state index is 5.47. The first-order valence-electron chi connectivity index (χ1n) is 16.1. The van der Waals surface area contributed by atoms with Crippen LogP contribution in [-0.4, -0.2) is 21.4 Å². The van der Waals surface area contributed by atoms with Crippen molar-refractivity contribution < 1.29 is 0 Å². The van der Waals surface area contributed by atoms with Crippen molar-refractivity contribution >= 4 is 44.6 Å². The zero-order chi connectivity index (χ0) is 31.9. The Morgan fingerprint density at radius 2 is 0.667 bits per heavy atom. The molecule has 0 saturated carbocycles. The van der Waals surface area contributed by atoms with Crippen LogP contribution in [-0.2, 0) is 0 Å². The molecule has 4 heteroatoms. The number of pyridine rings is 2. The lowest BCUT2D eigenvalue weighted by molar-refractivity contribution is 1.27. The highest BCUT2D eigenvalue weighted by atomic mass is 14.9. The summed E-state index contributed by atoms with van der Waals surface area (Å²) in [7, 11) is 0. The minimum absolute atomic E-state index is 0.731. The van der Waals surface area contributed by atoms with E-state index in [0.29, 0.717) is 0 Å².